The van der Waals surface area contributed by atoms with E-state index in [0.717, 1.165) is 16.9 Å². The second-order valence-corrected chi connectivity index (χ2v) is 7.80. The van der Waals surface area contributed by atoms with E-state index in [1.54, 1.807) is 19.2 Å². The minimum absolute atomic E-state index is 0.124. The van der Waals surface area contributed by atoms with Crippen LogP contribution in [0.1, 0.15) is 18.1 Å². The number of rotatable bonds is 10. The van der Waals surface area contributed by atoms with Crippen molar-refractivity contribution in [3.8, 4) is 5.75 Å². The molecule has 0 aromatic heterocycles. The van der Waals surface area contributed by atoms with Crippen LogP contribution >= 0.6 is 0 Å². The fraction of sp³-hybridized carbons (Fsp3) is 0.400. The van der Waals surface area contributed by atoms with Crippen LogP contribution in [-0.2, 0) is 26.6 Å². The van der Waals surface area contributed by atoms with Gasteiger partial charge in [-0.15, -0.1) is 0 Å². The highest BCUT2D eigenvalue weighted by Crippen LogP contribution is 2.20. The monoisotopic (exact) mass is 378 g/mol. The normalized spacial score (nSPS) is 14.6. The van der Waals surface area contributed by atoms with Gasteiger partial charge in [0.05, 0.1) is 38.4 Å². The molecule has 0 amide bonds. The smallest absolute Gasteiger partial charge is 0.189 e. The molecule has 5 nitrogen and oxygen atoms in total. The van der Waals surface area contributed by atoms with Crippen molar-refractivity contribution in [2.45, 2.75) is 25.3 Å². The van der Waals surface area contributed by atoms with Crippen molar-refractivity contribution in [2.75, 3.05) is 26.9 Å². The summed E-state index contributed by atoms with van der Waals surface area (Å²) in [6, 6.07) is 14.9. The Bertz CT molecular complexity index is 699. The first-order valence-corrected chi connectivity index (χ1v) is 9.46. The maximum Gasteiger partial charge on any atom is 0.189 e. The van der Waals surface area contributed by atoms with Crippen molar-refractivity contribution in [3.63, 3.8) is 0 Å². The van der Waals surface area contributed by atoms with Gasteiger partial charge in [-0.3, -0.25) is 4.18 Å². The molecule has 0 saturated carbocycles. The Morgan fingerprint density at radius 1 is 1.04 bits per heavy atom. The molecule has 2 atom stereocenters. The third kappa shape index (κ3) is 6.21. The highest BCUT2D eigenvalue weighted by Gasteiger charge is 2.26. The van der Waals surface area contributed by atoms with E-state index in [-0.39, 0.29) is 13.2 Å². The average molecular weight is 378 g/mol. The van der Waals surface area contributed by atoms with Gasteiger partial charge in [0.1, 0.15) is 5.75 Å². The van der Waals surface area contributed by atoms with Gasteiger partial charge in [0.25, 0.3) is 0 Å². The van der Waals surface area contributed by atoms with E-state index in [1.807, 2.05) is 50.2 Å². The van der Waals surface area contributed by atoms with E-state index in [4.69, 9.17) is 13.7 Å². The van der Waals surface area contributed by atoms with Gasteiger partial charge in [0, 0.05) is 5.41 Å². The lowest BCUT2D eigenvalue weighted by Crippen LogP contribution is -2.33. The van der Waals surface area contributed by atoms with Gasteiger partial charge >= 0.3 is 0 Å². The van der Waals surface area contributed by atoms with Crippen LogP contribution in [0.15, 0.2) is 53.4 Å². The Morgan fingerprint density at radius 3 is 2.27 bits per heavy atom. The molecule has 0 aliphatic rings. The number of aliphatic hydroxyl groups is 1. The summed E-state index contributed by atoms with van der Waals surface area (Å²) in [5.41, 5.74) is 1.47. The van der Waals surface area contributed by atoms with E-state index in [1.165, 1.54) is 0 Å². The number of hydrogen-bond donors (Lipinski definition) is 1. The van der Waals surface area contributed by atoms with Gasteiger partial charge in [-0.05, 0) is 36.8 Å². The summed E-state index contributed by atoms with van der Waals surface area (Å²) in [5, 5.41) is 9.70. The van der Waals surface area contributed by atoms with E-state index in [2.05, 4.69) is 0 Å². The maximum absolute atomic E-state index is 12.2. The summed E-state index contributed by atoms with van der Waals surface area (Å²) in [5.74, 6) is 0.793. The van der Waals surface area contributed by atoms with Crippen molar-refractivity contribution in [1.82, 2.24) is 0 Å². The predicted molar refractivity (Wildman–Crippen MR) is 101 cm³/mol. The molecular formula is C20H26O5S. The van der Waals surface area contributed by atoms with Gasteiger partial charge in [-0.25, -0.2) is 4.21 Å². The van der Waals surface area contributed by atoms with Gasteiger partial charge in [0.15, 0.2) is 11.1 Å². The summed E-state index contributed by atoms with van der Waals surface area (Å²) in [6.07, 6.45) is 0. The molecule has 2 aromatic rings. The van der Waals surface area contributed by atoms with Gasteiger partial charge in [-0.1, -0.05) is 36.8 Å². The zero-order chi connectivity index (χ0) is 19.0. The third-order valence-corrected chi connectivity index (χ3v) is 4.98. The summed E-state index contributed by atoms with van der Waals surface area (Å²) in [7, 11) is 1.62. The molecule has 2 unspecified atom stereocenters. The molecule has 6 heteroatoms. The number of benzene rings is 2. The topological polar surface area (TPSA) is 65.0 Å². The molecule has 0 saturated heterocycles. The Morgan fingerprint density at radius 2 is 1.69 bits per heavy atom. The van der Waals surface area contributed by atoms with Crippen molar-refractivity contribution >= 4 is 11.1 Å². The minimum Gasteiger partial charge on any atom is -0.497 e. The lowest BCUT2D eigenvalue weighted by molar-refractivity contribution is -0.0135. The molecule has 0 bridgehead atoms. The molecule has 0 aliphatic carbocycles. The van der Waals surface area contributed by atoms with Crippen LogP contribution in [0.5, 0.6) is 5.75 Å². The zero-order valence-electron chi connectivity index (χ0n) is 15.4. The number of aliphatic hydroxyl groups excluding tert-OH is 1. The van der Waals surface area contributed by atoms with Crippen molar-refractivity contribution in [2.24, 2.45) is 5.41 Å². The highest BCUT2D eigenvalue weighted by molar-refractivity contribution is 7.80. The van der Waals surface area contributed by atoms with Crippen molar-refractivity contribution in [1.29, 1.82) is 0 Å². The highest BCUT2D eigenvalue weighted by atomic mass is 32.2. The van der Waals surface area contributed by atoms with E-state index < -0.39 is 16.5 Å². The fourth-order valence-electron chi connectivity index (χ4n) is 2.18. The number of aryl methyl sites for hydroxylation is 1. The molecule has 2 aromatic carbocycles. The van der Waals surface area contributed by atoms with Crippen LogP contribution in [0.2, 0.25) is 0 Å². The quantitative estimate of drug-likeness (QED) is 0.687. The first kappa shape index (κ1) is 20.6. The van der Waals surface area contributed by atoms with Gasteiger partial charge < -0.3 is 14.6 Å². The summed E-state index contributed by atoms with van der Waals surface area (Å²) in [4.78, 5) is 0.607. The number of methoxy groups -OCH3 is 1. The largest absolute Gasteiger partial charge is 0.497 e. The minimum atomic E-state index is -1.57. The molecule has 0 heterocycles. The van der Waals surface area contributed by atoms with Crippen LogP contribution in [0.3, 0.4) is 0 Å². The van der Waals surface area contributed by atoms with Crippen LogP contribution < -0.4 is 4.74 Å². The summed E-state index contributed by atoms with van der Waals surface area (Å²) >= 11 is -1.57. The molecule has 142 valence electrons. The van der Waals surface area contributed by atoms with Crippen LogP contribution in [0, 0.1) is 12.3 Å². The first-order valence-electron chi connectivity index (χ1n) is 8.39. The number of hydrogen-bond acceptors (Lipinski definition) is 5. The van der Waals surface area contributed by atoms with E-state index in [9.17, 15) is 9.32 Å². The Kier molecular flexibility index (Phi) is 7.78. The van der Waals surface area contributed by atoms with Gasteiger partial charge in [0.2, 0.25) is 0 Å². The second-order valence-electron chi connectivity index (χ2n) is 6.62. The standard InChI is InChI=1S/C20H26O5S/c1-16-4-10-19(11-5-16)26(22)25-15-20(2,13-21)14-24-12-17-6-8-18(23-3)9-7-17/h4-11,21H,12-15H2,1-3H3. The lowest BCUT2D eigenvalue weighted by Gasteiger charge is -2.26. The zero-order valence-corrected chi connectivity index (χ0v) is 16.3. The molecule has 0 aliphatic heterocycles. The van der Waals surface area contributed by atoms with E-state index in [0.29, 0.717) is 18.1 Å². The van der Waals surface area contributed by atoms with Crippen LogP contribution in [0.25, 0.3) is 0 Å². The molecule has 2 rings (SSSR count). The van der Waals surface area contributed by atoms with Gasteiger partial charge in [-0.2, -0.15) is 0 Å². The Labute approximate surface area is 157 Å². The Balaban J connectivity index is 1.82. The molecule has 0 radical (unpaired) electrons. The first-order chi connectivity index (χ1) is 12.5. The van der Waals surface area contributed by atoms with Crippen molar-refractivity contribution in [3.05, 3.63) is 59.7 Å². The molecular weight excluding hydrogens is 352 g/mol. The Hall–Kier alpha value is -1.73. The summed E-state index contributed by atoms with van der Waals surface area (Å²) in [6.45, 7) is 4.53. The lowest BCUT2D eigenvalue weighted by atomic mass is 9.94. The molecule has 1 N–H and O–H groups in total. The SMILES string of the molecule is COc1ccc(COCC(C)(CO)COS(=O)c2ccc(C)cc2)cc1. The van der Waals surface area contributed by atoms with Crippen molar-refractivity contribution < 1.29 is 23.0 Å². The van der Waals surface area contributed by atoms with Crippen LogP contribution in [-0.4, -0.2) is 36.2 Å². The van der Waals surface area contributed by atoms with E-state index >= 15 is 0 Å². The molecule has 0 spiro atoms. The molecule has 0 fully saturated rings. The summed E-state index contributed by atoms with van der Waals surface area (Å²) < 4.78 is 28.5. The predicted octanol–water partition coefficient (Wildman–Crippen LogP) is 3.26. The fourth-order valence-corrected chi connectivity index (χ4v) is 3.07. The third-order valence-electron chi connectivity index (χ3n) is 3.99. The average Bonchev–Trinajstić information content (AvgIpc) is 2.67. The van der Waals surface area contributed by atoms with Crippen LogP contribution in [0.4, 0.5) is 0 Å². The second kappa shape index (κ2) is 9.83. The molecule has 26 heavy (non-hydrogen) atoms. The number of ether oxygens (including phenoxy) is 2. The maximum atomic E-state index is 12.2.